The fourth-order valence-electron chi connectivity index (χ4n) is 3.23. The van der Waals surface area contributed by atoms with Crippen LogP contribution in [0.1, 0.15) is 13.8 Å². The van der Waals surface area contributed by atoms with Gasteiger partial charge in [-0.05, 0) is 26.0 Å². The molecule has 0 saturated heterocycles. The minimum Gasteiger partial charge on any atom is -0.451 e. The molecule has 4 rings (SSSR count). The Balaban J connectivity index is 1.79. The van der Waals surface area contributed by atoms with Crippen LogP contribution in [0.15, 0.2) is 30.6 Å². The van der Waals surface area contributed by atoms with E-state index in [2.05, 4.69) is 15.1 Å². The molecule has 4 N–H and O–H groups in total. The van der Waals surface area contributed by atoms with E-state index in [9.17, 15) is 17.6 Å². The second-order valence-corrected chi connectivity index (χ2v) is 7.99. The topological polar surface area (TPSA) is 105 Å². The molecule has 0 aliphatic heterocycles. The van der Waals surface area contributed by atoms with Crippen molar-refractivity contribution in [2.75, 3.05) is 5.73 Å². The number of benzene rings is 2. The number of hydrogen-bond donors (Lipinski definition) is 2. The van der Waals surface area contributed by atoms with E-state index in [0.29, 0.717) is 5.65 Å². The zero-order valence-corrected chi connectivity index (χ0v) is 17.3. The van der Waals surface area contributed by atoms with Crippen molar-refractivity contribution in [2.45, 2.75) is 25.9 Å². The Kier molecular flexibility index (Phi) is 5.40. The number of rotatable bonds is 5. The Hall–Kier alpha value is -3.80. The van der Waals surface area contributed by atoms with Gasteiger partial charge in [-0.2, -0.15) is 13.9 Å². The lowest BCUT2D eigenvalue weighted by Crippen LogP contribution is -2.37. The number of nitrogens with zero attached hydrogens (tertiary/aromatic N) is 4. The van der Waals surface area contributed by atoms with Crippen molar-refractivity contribution < 1.29 is 26.7 Å². The van der Waals surface area contributed by atoms with Gasteiger partial charge in [0, 0.05) is 23.2 Å². The minimum atomic E-state index is -1.75. The monoisotopic (exact) mass is 464 g/mol. The molecule has 12 heteroatoms. The molecule has 0 aliphatic rings. The molecule has 0 aliphatic carbocycles. The molecule has 0 fully saturated rings. The summed E-state index contributed by atoms with van der Waals surface area (Å²) >= 11 is 0. The maximum absolute atomic E-state index is 15.0. The molecule has 33 heavy (non-hydrogen) atoms. The van der Waals surface area contributed by atoms with Crippen LogP contribution in [0.4, 0.5) is 27.8 Å². The molecular weight excluding hydrogens is 447 g/mol. The van der Waals surface area contributed by atoms with Gasteiger partial charge in [-0.15, -0.1) is 0 Å². The standard InChI is InChI=1S/C21H17F5N6O/c1-21(2,28)7-32-20-14(19(27)29-8-30-20)17(31-32)10-4-3-9(5-11(10)22)33-18-15(25)12(23)6-13(24)16(18)26/h3-6,8H,7,28H2,1-2H3,(H2,27,29,30). The first-order valence-corrected chi connectivity index (χ1v) is 9.53. The zero-order valence-electron chi connectivity index (χ0n) is 17.3. The molecule has 7 nitrogen and oxygen atoms in total. The highest BCUT2D eigenvalue weighted by Crippen LogP contribution is 2.36. The third kappa shape index (κ3) is 4.16. The van der Waals surface area contributed by atoms with Crippen LogP contribution in [0.3, 0.4) is 0 Å². The van der Waals surface area contributed by atoms with Crippen molar-refractivity contribution in [3.63, 3.8) is 0 Å². The van der Waals surface area contributed by atoms with Crippen LogP contribution in [-0.4, -0.2) is 25.3 Å². The van der Waals surface area contributed by atoms with Crippen molar-refractivity contribution in [3.8, 4) is 22.8 Å². The lowest BCUT2D eigenvalue weighted by Gasteiger charge is -2.18. The smallest absolute Gasteiger partial charge is 0.204 e. The van der Waals surface area contributed by atoms with Gasteiger partial charge in [0.1, 0.15) is 29.4 Å². The summed E-state index contributed by atoms with van der Waals surface area (Å²) in [6, 6.07) is 3.19. The molecule has 4 aromatic rings. The highest BCUT2D eigenvalue weighted by atomic mass is 19.2. The molecule has 0 radical (unpaired) electrons. The number of fused-ring (bicyclic) bond motifs is 1. The third-order valence-corrected chi connectivity index (χ3v) is 4.60. The van der Waals surface area contributed by atoms with Gasteiger partial charge in [-0.3, -0.25) is 0 Å². The van der Waals surface area contributed by atoms with Gasteiger partial charge in [0.25, 0.3) is 0 Å². The van der Waals surface area contributed by atoms with Gasteiger partial charge in [0.2, 0.25) is 17.4 Å². The van der Waals surface area contributed by atoms with E-state index < -0.39 is 46.1 Å². The first-order valence-electron chi connectivity index (χ1n) is 9.53. The molecule has 0 unspecified atom stereocenters. The fraction of sp³-hybridized carbons (Fsp3) is 0.190. The number of aromatic nitrogens is 4. The van der Waals surface area contributed by atoms with E-state index in [0.717, 1.165) is 12.1 Å². The summed E-state index contributed by atoms with van der Waals surface area (Å²) < 4.78 is 76.0. The summed E-state index contributed by atoms with van der Waals surface area (Å²) in [4.78, 5) is 8.09. The van der Waals surface area contributed by atoms with Crippen LogP contribution >= 0.6 is 0 Å². The minimum absolute atomic E-state index is 0.0394. The number of hydrogen-bond acceptors (Lipinski definition) is 6. The average Bonchev–Trinajstić information content (AvgIpc) is 3.07. The van der Waals surface area contributed by atoms with Crippen LogP contribution in [0.2, 0.25) is 0 Å². The van der Waals surface area contributed by atoms with E-state index >= 15 is 4.39 Å². The molecular formula is C21H17F5N6O. The second-order valence-electron chi connectivity index (χ2n) is 7.99. The molecule has 2 aromatic carbocycles. The number of nitrogen functional groups attached to an aromatic ring is 1. The molecule has 2 aromatic heterocycles. The molecule has 172 valence electrons. The van der Waals surface area contributed by atoms with E-state index in [1.54, 1.807) is 13.8 Å². The van der Waals surface area contributed by atoms with Crippen molar-refractivity contribution in [1.29, 1.82) is 0 Å². The highest BCUT2D eigenvalue weighted by molar-refractivity contribution is 5.98. The van der Waals surface area contributed by atoms with Crippen LogP contribution in [0.5, 0.6) is 11.5 Å². The van der Waals surface area contributed by atoms with Gasteiger partial charge >= 0.3 is 0 Å². The predicted molar refractivity (Wildman–Crippen MR) is 110 cm³/mol. The molecule has 0 bridgehead atoms. The Morgan fingerprint density at radius 1 is 0.970 bits per heavy atom. The number of ether oxygens (including phenoxy) is 1. The number of halogens is 5. The number of anilines is 1. The van der Waals surface area contributed by atoms with E-state index in [4.69, 9.17) is 16.2 Å². The Morgan fingerprint density at radius 3 is 2.24 bits per heavy atom. The van der Waals surface area contributed by atoms with Gasteiger partial charge in [-0.1, -0.05) is 0 Å². The van der Waals surface area contributed by atoms with Gasteiger partial charge in [-0.25, -0.2) is 27.8 Å². The summed E-state index contributed by atoms with van der Waals surface area (Å²) in [5.74, 6) is -9.42. The van der Waals surface area contributed by atoms with Crippen molar-refractivity contribution >= 4 is 16.9 Å². The quantitative estimate of drug-likeness (QED) is 0.337. The maximum Gasteiger partial charge on any atom is 0.204 e. The summed E-state index contributed by atoms with van der Waals surface area (Å²) in [6.45, 7) is 3.77. The van der Waals surface area contributed by atoms with Crippen molar-refractivity contribution in [1.82, 2.24) is 19.7 Å². The van der Waals surface area contributed by atoms with Crippen LogP contribution < -0.4 is 16.2 Å². The molecule has 2 heterocycles. The van der Waals surface area contributed by atoms with Crippen molar-refractivity contribution in [2.24, 2.45) is 5.73 Å². The Morgan fingerprint density at radius 2 is 1.64 bits per heavy atom. The Labute approximate surface area is 183 Å². The molecule has 0 atom stereocenters. The fourth-order valence-corrected chi connectivity index (χ4v) is 3.23. The second kappa shape index (κ2) is 7.96. The lowest BCUT2D eigenvalue weighted by molar-refractivity contribution is 0.365. The molecule has 0 saturated carbocycles. The lowest BCUT2D eigenvalue weighted by atomic mass is 10.1. The van der Waals surface area contributed by atoms with Gasteiger partial charge in [0.15, 0.2) is 17.3 Å². The first-order chi connectivity index (χ1) is 15.5. The van der Waals surface area contributed by atoms with E-state index in [-0.39, 0.29) is 35.1 Å². The van der Waals surface area contributed by atoms with Gasteiger partial charge < -0.3 is 16.2 Å². The van der Waals surface area contributed by atoms with Crippen LogP contribution in [0, 0.1) is 29.1 Å². The van der Waals surface area contributed by atoms with Gasteiger partial charge in [0.05, 0.1) is 11.9 Å². The Bertz CT molecular complexity index is 1360. The summed E-state index contributed by atoms with van der Waals surface area (Å²) in [7, 11) is 0. The summed E-state index contributed by atoms with van der Waals surface area (Å²) in [5, 5.41) is 4.66. The maximum atomic E-state index is 15.0. The van der Waals surface area contributed by atoms with E-state index in [1.807, 2.05) is 0 Å². The zero-order chi connectivity index (χ0) is 24.1. The molecule has 0 amide bonds. The van der Waals surface area contributed by atoms with Crippen LogP contribution in [0.25, 0.3) is 22.3 Å². The third-order valence-electron chi connectivity index (χ3n) is 4.60. The summed E-state index contributed by atoms with van der Waals surface area (Å²) in [6.07, 6.45) is 1.23. The highest BCUT2D eigenvalue weighted by Gasteiger charge is 2.24. The average molecular weight is 464 g/mol. The molecule has 0 spiro atoms. The van der Waals surface area contributed by atoms with Crippen molar-refractivity contribution in [3.05, 3.63) is 59.7 Å². The van der Waals surface area contributed by atoms with E-state index in [1.165, 1.54) is 17.1 Å². The predicted octanol–water partition coefficient (Wildman–Crippen LogP) is 4.30. The number of nitrogens with two attached hydrogens (primary N) is 2. The normalized spacial score (nSPS) is 11.9. The summed E-state index contributed by atoms with van der Waals surface area (Å²) in [5.41, 5.74) is 11.8. The SMILES string of the molecule is CC(C)(N)Cn1nc(-c2ccc(Oc3c(F)c(F)cc(F)c3F)cc2F)c2c(N)ncnc21. The largest absolute Gasteiger partial charge is 0.451 e. The van der Waals surface area contributed by atoms with Crippen LogP contribution in [-0.2, 0) is 6.54 Å². The first kappa shape index (κ1) is 22.4.